The average Bonchev–Trinajstić information content (AvgIpc) is 2.41. The number of rotatable bonds is 2. The van der Waals surface area contributed by atoms with E-state index in [1.54, 1.807) is 18.2 Å². The monoisotopic (exact) mass is 271 g/mol. The number of alkyl halides is 1. The Kier molecular flexibility index (Phi) is 2.54. The second-order valence-corrected chi connectivity index (χ2v) is 4.52. The van der Waals surface area contributed by atoms with Crippen LogP contribution in [0.25, 0.3) is 0 Å². The maximum atomic E-state index is 14.5. The van der Waals surface area contributed by atoms with Crippen molar-refractivity contribution in [1.82, 2.24) is 0 Å². The fourth-order valence-corrected chi connectivity index (χ4v) is 2.63. The van der Waals surface area contributed by atoms with Crippen molar-refractivity contribution in [2.45, 2.75) is 25.4 Å². The molecule has 1 amide bonds. The molecule has 0 bridgehead atoms. The zero-order chi connectivity index (χ0) is 11.1. The molecule has 1 aliphatic heterocycles. The number of benzene rings is 1. The van der Waals surface area contributed by atoms with Crippen LogP contribution in [0.4, 0.5) is 10.1 Å². The van der Waals surface area contributed by atoms with E-state index in [4.69, 9.17) is 0 Å². The van der Waals surface area contributed by atoms with E-state index in [0.29, 0.717) is 22.1 Å². The molecule has 0 fully saturated rings. The van der Waals surface area contributed by atoms with Crippen molar-refractivity contribution < 1.29 is 9.18 Å². The first-order valence-electron chi connectivity index (χ1n) is 4.89. The standard InChI is InChI=1S/C11H11BrFNO/c1-2-6-11(13)9-7(12)4-3-5-8(9)14-10(11)15/h3-5H,2,6H2,1H3,(H,14,15). The van der Waals surface area contributed by atoms with E-state index in [-0.39, 0.29) is 6.42 Å². The number of hydrogen-bond donors (Lipinski definition) is 1. The van der Waals surface area contributed by atoms with Crippen molar-refractivity contribution in [2.24, 2.45) is 0 Å². The maximum absolute atomic E-state index is 14.5. The Bertz CT molecular complexity index is 421. The Hall–Kier alpha value is -0.900. The molecule has 1 unspecified atom stereocenters. The molecule has 0 aromatic heterocycles. The van der Waals surface area contributed by atoms with E-state index in [1.807, 2.05) is 6.92 Å². The highest BCUT2D eigenvalue weighted by molar-refractivity contribution is 9.10. The lowest BCUT2D eigenvalue weighted by atomic mass is 9.93. The number of anilines is 1. The fraction of sp³-hybridized carbons (Fsp3) is 0.364. The van der Waals surface area contributed by atoms with Crippen LogP contribution in [0.15, 0.2) is 22.7 Å². The molecular formula is C11H11BrFNO. The maximum Gasteiger partial charge on any atom is 0.266 e. The van der Waals surface area contributed by atoms with Gasteiger partial charge in [-0.2, -0.15) is 0 Å². The van der Waals surface area contributed by atoms with Crippen LogP contribution in [0.3, 0.4) is 0 Å². The number of carbonyl (C=O) groups excluding carboxylic acids is 1. The Balaban J connectivity index is 2.57. The van der Waals surface area contributed by atoms with Crippen molar-refractivity contribution in [3.05, 3.63) is 28.2 Å². The van der Waals surface area contributed by atoms with Crippen molar-refractivity contribution in [1.29, 1.82) is 0 Å². The van der Waals surface area contributed by atoms with Gasteiger partial charge in [0, 0.05) is 15.7 Å². The summed E-state index contributed by atoms with van der Waals surface area (Å²) >= 11 is 3.29. The SMILES string of the molecule is CCCC1(F)C(=O)Nc2cccc(Br)c21. The van der Waals surface area contributed by atoms with Crippen molar-refractivity contribution in [3.63, 3.8) is 0 Å². The quantitative estimate of drug-likeness (QED) is 0.878. The third-order valence-electron chi connectivity index (χ3n) is 2.61. The van der Waals surface area contributed by atoms with Gasteiger partial charge in [0.25, 0.3) is 5.91 Å². The summed E-state index contributed by atoms with van der Waals surface area (Å²) < 4.78 is 15.2. The summed E-state index contributed by atoms with van der Waals surface area (Å²) in [6, 6.07) is 5.25. The second-order valence-electron chi connectivity index (χ2n) is 3.67. The predicted molar refractivity (Wildman–Crippen MR) is 60.5 cm³/mol. The molecule has 0 saturated heterocycles. The molecule has 1 aromatic rings. The topological polar surface area (TPSA) is 29.1 Å². The van der Waals surface area contributed by atoms with Crippen LogP contribution in [-0.2, 0) is 10.5 Å². The van der Waals surface area contributed by atoms with E-state index in [9.17, 15) is 9.18 Å². The van der Waals surface area contributed by atoms with Gasteiger partial charge in [0.2, 0.25) is 5.67 Å². The summed E-state index contributed by atoms with van der Waals surface area (Å²) in [5, 5.41) is 2.57. The molecule has 0 spiro atoms. The summed E-state index contributed by atoms with van der Waals surface area (Å²) in [6.07, 6.45) is 0.846. The van der Waals surface area contributed by atoms with Gasteiger partial charge < -0.3 is 5.32 Å². The minimum atomic E-state index is -1.87. The van der Waals surface area contributed by atoms with Gasteiger partial charge in [0.1, 0.15) is 0 Å². The lowest BCUT2D eigenvalue weighted by Crippen LogP contribution is -2.29. The Morgan fingerprint density at radius 1 is 1.53 bits per heavy atom. The van der Waals surface area contributed by atoms with Gasteiger partial charge in [-0.1, -0.05) is 35.3 Å². The highest BCUT2D eigenvalue weighted by Crippen LogP contribution is 2.45. The third kappa shape index (κ3) is 1.47. The van der Waals surface area contributed by atoms with E-state index < -0.39 is 11.6 Å². The molecule has 0 radical (unpaired) electrons. The average molecular weight is 272 g/mol. The number of fused-ring (bicyclic) bond motifs is 1. The van der Waals surface area contributed by atoms with Crippen LogP contribution in [0.2, 0.25) is 0 Å². The molecule has 1 aliphatic rings. The van der Waals surface area contributed by atoms with E-state index in [0.717, 1.165) is 0 Å². The normalized spacial score (nSPS) is 23.8. The largest absolute Gasteiger partial charge is 0.323 e. The van der Waals surface area contributed by atoms with Gasteiger partial charge in [-0.3, -0.25) is 4.79 Å². The van der Waals surface area contributed by atoms with Crippen molar-refractivity contribution >= 4 is 27.5 Å². The predicted octanol–water partition coefficient (Wildman–Crippen LogP) is 3.37. The van der Waals surface area contributed by atoms with Crippen molar-refractivity contribution in [2.75, 3.05) is 5.32 Å². The Morgan fingerprint density at radius 3 is 2.93 bits per heavy atom. The molecule has 0 aliphatic carbocycles. The van der Waals surface area contributed by atoms with Crippen molar-refractivity contribution in [3.8, 4) is 0 Å². The summed E-state index contributed by atoms with van der Waals surface area (Å²) in [5.41, 5.74) is -0.855. The lowest BCUT2D eigenvalue weighted by molar-refractivity contribution is -0.127. The van der Waals surface area contributed by atoms with Gasteiger partial charge in [-0.15, -0.1) is 0 Å². The Morgan fingerprint density at radius 2 is 2.27 bits per heavy atom. The molecule has 1 atom stereocenters. The highest BCUT2D eigenvalue weighted by atomic mass is 79.9. The number of amides is 1. The summed E-state index contributed by atoms with van der Waals surface area (Å²) in [7, 11) is 0. The third-order valence-corrected chi connectivity index (χ3v) is 3.27. The van der Waals surface area contributed by atoms with Crippen LogP contribution in [0.5, 0.6) is 0 Å². The number of nitrogens with one attached hydrogen (secondary N) is 1. The van der Waals surface area contributed by atoms with E-state index in [2.05, 4.69) is 21.2 Å². The van der Waals surface area contributed by atoms with Gasteiger partial charge in [-0.05, 0) is 18.6 Å². The molecule has 4 heteroatoms. The van der Waals surface area contributed by atoms with Crippen LogP contribution in [0.1, 0.15) is 25.3 Å². The molecule has 80 valence electrons. The molecular weight excluding hydrogens is 261 g/mol. The first-order valence-corrected chi connectivity index (χ1v) is 5.68. The summed E-state index contributed by atoms with van der Waals surface area (Å²) in [5.74, 6) is -0.550. The molecule has 1 heterocycles. The van der Waals surface area contributed by atoms with Gasteiger partial charge in [-0.25, -0.2) is 4.39 Å². The zero-order valence-corrected chi connectivity index (χ0v) is 9.90. The van der Waals surface area contributed by atoms with E-state index >= 15 is 0 Å². The minimum Gasteiger partial charge on any atom is -0.323 e. The van der Waals surface area contributed by atoms with Gasteiger partial charge in [0.15, 0.2) is 0 Å². The first kappa shape index (κ1) is 10.6. The van der Waals surface area contributed by atoms with E-state index in [1.165, 1.54) is 0 Å². The van der Waals surface area contributed by atoms with Crippen LogP contribution < -0.4 is 5.32 Å². The van der Waals surface area contributed by atoms with Crippen LogP contribution in [-0.4, -0.2) is 5.91 Å². The number of carbonyl (C=O) groups is 1. The zero-order valence-electron chi connectivity index (χ0n) is 8.31. The Labute approximate surface area is 96.0 Å². The van der Waals surface area contributed by atoms with Crippen LogP contribution in [0, 0.1) is 0 Å². The second kappa shape index (κ2) is 3.59. The first-order chi connectivity index (χ1) is 7.09. The van der Waals surface area contributed by atoms with Gasteiger partial charge >= 0.3 is 0 Å². The molecule has 0 saturated carbocycles. The summed E-state index contributed by atoms with van der Waals surface area (Å²) in [4.78, 5) is 11.6. The number of halogens is 2. The molecule has 15 heavy (non-hydrogen) atoms. The molecule has 1 N–H and O–H groups in total. The lowest BCUT2D eigenvalue weighted by Gasteiger charge is -2.17. The smallest absolute Gasteiger partial charge is 0.266 e. The molecule has 1 aromatic carbocycles. The molecule has 2 nitrogen and oxygen atoms in total. The fourth-order valence-electron chi connectivity index (χ4n) is 1.95. The molecule has 2 rings (SSSR count). The minimum absolute atomic E-state index is 0.217. The highest BCUT2D eigenvalue weighted by Gasteiger charge is 2.47. The summed E-state index contributed by atoms with van der Waals surface area (Å²) in [6.45, 7) is 1.86. The van der Waals surface area contributed by atoms with Crippen LogP contribution >= 0.6 is 15.9 Å². The van der Waals surface area contributed by atoms with Gasteiger partial charge in [0.05, 0.1) is 0 Å². The number of hydrogen-bond acceptors (Lipinski definition) is 1.